The van der Waals surface area contributed by atoms with Gasteiger partial charge in [0.15, 0.2) is 0 Å². The average molecular weight is 383 g/mol. The molecule has 2 N–H and O–H groups in total. The third kappa shape index (κ3) is 4.11. The fraction of sp³-hybridized carbons (Fsp3) is 0.250. The molecule has 0 saturated carbocycles. The number of nitrogens with two attached hydrogens (primary N) is 1. The lowest BCUT2D eigenvalue weighted by Crippen LogP contribution is -2.06. The van der Waals surface area contributed by atoms with Crippen LogP contribution in [0.25, 0.3) is 0 Å². The van der Waals surface area contributed by atoms with Crippen molar-refractivity contribution in [1.82, 2.24) is 0 Å². The highest BCUT2D eigenvalue weighted by Gasteiger charge is 2.06. The molecule has 0 amide bonds. The maximum Gasteiger partial charge on any atom is 0.123 e. The fourth-order valence-corrected chi connectivity index (χ4v) is 2.28. The van der Waals surface area contributed by atoms with Crippen LogP contribution in [-0.2, 0) is 13.0 Å². The number of benzene rings is 2. The van der Waals surface area contributed by atoms with Crippen LogP contribution in [-0.4, -0.2) is 13.7 Å². The molecule has 0 heterocycles. The predicted octanol–water partition coefficient (Wildman–Crippen LogP) is 3.38. The van der Waals surface area contributed by atoms with Gasteiger partial charge < -0.3 is 15.2 Å². The summed E-state index contributed by atoms with van der Waals surface area (Å²) in [5.74, 6) is 1.70. The molecule has 0 radical (unpaired) electrons. The molecule has 0 aliphatic rings. The Labute approximate surface area is 133 Å². The monoisotopic (exact) mass is 383 g/mol. The van der Waals surface area contributed by atoms with Crippen molar-refractivity contribution in [2.75, 3.05) is 13.7 Å². The van der Waals surface area contributed by atoms with Crippen LogP contribution >= 0.6 is 22.6 Å². The van der Waals surface area contributed by atoms with E-state index in [-0.39, 0.29) is 0 Å². The molecular weight excluding hydrogens is 365 g/mol. The SMILES string of the molecule is COc1ccc(OCc2ccc(I)cc2)c(CCN)c1. The van der Waals surface area contributed by atoms with Crippen LogP contribution in [0.15, 0.2) is 42.5 Å². The Hall–Kier alpha value is -1.27. The zero-order valence-corrected chi connectivity index (χ0v) is 13.6. The Balaban J connectivity index is 2.09. The fourth-order valence-electron chi connectivity index (χ4n) is 1.92. The Morgan fingerprint density at radius 3 is 2.50 bits per heavy atom. The molecule has 0 atom stereocenters. The van der Waals surface area contributed by atoms with E-state index in [1.807, 2.05) is 18.2 Å². The van der Waals surface area contributed by atoms with Crippen molar-refractivity contribution >= 4 is 22.6 Å². The van der Waals surface area contributed by atoms with Crippen molar-refractivity contribution < 1.29 is 9.47 Å². The first-order valence-corrected chi connectivity index (χ1v) is 7.55. The van der Waals surface area contributed by atoms with E-state index < -0.39 is 0 Å². The minimum atomic E-state index is 0.556. The number of halogens is 1. The summed E-state index contributed by atoms with van der Waals surface area (Å²) in [7, 11) is 1.66. The smallest absolute Gasteiger partial charge is 0.123 e. The van der Waals surface area contributed by atoms with Gasteiger partial charge in [0.1, 0.15) is 18.1 Å². The summed E-state index contributed by atoms with van der Waals surface area (Å²) in [5, 5.41) is 0. The molecule has 0 aliphatic carbocycles. The van der Waals surface area contributed by atoms with Crippen LogP contribution in [0.2, 0.25) is 0 Å². The van der Waals surface area contributed by atoms with E-state index >= 15 is 0 Å². The largest absolute Gasteiger partial charge is 0.497 e. The topological polar surface area (TPSA) is 44.5 Å². The van der Waals surface area contributed by atoms with Crippen molar-refractivity contribution in [3.63, 3.8) is 0 Å². The van der Waals surface area contributed by atoms with Crippen LogP contribution in [0, 0.1) is 3.57 Å². The second kappa shape index (κ2) is 7.50. The van der Waals surface area contributed by atoms with Crippen molar-refractivity contribution in [3.05, 3.63) is 57.2 Å². The molecular formula is C16H18INO2. The molecule has 3 nitrogen and oxygen atoms in total. The van der Waals surface area contributed by atoms with E-state index in [1.54, 1.807) is 7.11 Å². The lowest BCUT2D eigenvalue weighted by molar-refractivity contribution is 0.302. The van der Waals surface area contributed by atoms with Gasteiger partial charge in [0.25, 0.3) is 0 Å². The normalized spacial score (nSPS) is 10.3. The number of methoxy groups -OCH3 is 1. The first-order valence-electron chi connectivity index (χ1n) is 6.47. The second-order valence-corrected chi connectivity index (χ2v) is 5.67. The van der Waals surface area contributed by atoms with Crippen LogP contribution in [0.5, 0.6) is 11.5 Å². The van der Waals surface area contributed by atoms with Crippen molar-refractivity contribution in [1.29, 1.82) is 0 Å². The van der Waals surface area contributed by atoms with Gasteiger partial charge in [-0.1, -0.05) is 12.1 Å². The molecule has 0 unspecified atom stereocenters. The highest BCUT2D eigenvalue weighted by Crippen LogP contribution is 2.25. The molecule has 0 aliphatic heterocycles. The van der Waals surface area contributed by atoms with Crippen LogP contribution in [0.4, 0.5) is 0 Å². The minimum Gasteiger partial charge on any atom is -0.497 e. The first kappa shape index (κ1) is 15.1. The van der Waals surface area contributed by atoms with Gasteiger partial charge in [-0.3, -0.25) is 0 Å². The lowest BCUT2D eigenvalue weighted by atomic mass is 10.1. The van der Waals surface area contributed by atoms with Gasteiger partial charge in [0, 0.05) is 3.57 Å². The van der Waals surface area contributed by atoms with E-state index in [1.165, 1.54) is 3.57 Å². The third-order valence-electron chi connectivity index (χ3n) is 2.99. The highest BCUT2D eigenvalue weighted by molar-refractivity contribution is 14.1. The van der Waals surface area contributed by atoms with Gasteiger partial charge in [-0.2, -0.15) is 0 Å². The summed E-state index contributed by atoms with van der Waals surface area (Å²) in [4.78, 5) is 0. The molecule has 2 rings (SSSR count). The zero-order valence-electron chi connectivity index (χ0n) is 11.4. The maximum atomic E-state index is 5.90. The summed E-state index contributed by atoms with van der Waals surface area (Å²) in [6.45, 7) is 1.15. The Morgan fingerprint density at radius 2 is 1.85 bits per heavy atom. The van der Waals surface area contributed by atoms with E-state index in [0.29, 0.717) is 13.2 Å². The van der Waals surface area contributed by atoms with Crippen molar-refractivity contribution in [2.24, 2.45) is 5.73 Å². The zero-order chi connectivity index (χ0) is 14.4. The molecule has 4 heteroatoms. The Morgan fingerprint density at radius 1 is 1.10 bits per heavy atom. The van der Waals surface area contributed by atoms with Gasteiger partial charge in [-0.05, 0) is 77.0 Å². The molecule has 2 aromatic rings. The van der Waals surface area contributed by atoms with Crippen molar-refractivity contribution in [3.8, 4) is 11.5 Å². The second-order valence-electron chi connectivity index (χ2n) is 4.43. The Bertz CT molecular complexity index is 555. The van der Waals surface area contributed by atoms with E-state index in [2.05, 4.69) is 46.9 Å². The van der Waals surface area contributed by atoms with E-state index in [0.717, 1.165) is 29.0 Å². The third-order valence-corrected chi connectivity index (χ3v) is 3.71. The minimum absolute atomic E-state index is 0.556. The van der Waals surface area contributed by atoms with E-state index in [4.69, 9.17) is 15.2 Å². The van der Waals surface area contributed by atoms with Gasteiger partial charge in [0.2, 0.25) is 0 Å². The van der Waals surface area contributed by atoms with Crippen LogP contribution < -0.4 is 15.2 Å². The molecule has 0 spiro atoms. The van der Waals surface area contributed by atoms with Gasteiger partial charge in [-0.15, -0.1) is 0 Å². The van der Waals surface area contributed by atoms with Gasteiger partial charge in [0.05, 0.1) is 7.11 Å². The number of hydrogen-bond acceptors (Lipinski definition) is 3. The standard InChI is InChI=1S/C16H18INO2/c1-19-15-6-7-16(13(10-15)8-9-18)20-11-12-2-4-14(17)5-3-12/h2-7,10H,8-9,11,18H2,1H3. The number of rotatable bonds is 6. The summed E-state index contributed by atoms with van der Waals surface area (Å²) >= 11 is 2.29. The predicted molar refractivity (Wildman–Crippen MR) is 89.2 cm³/mol. The molecule has 0 fully saturated rings. The highest BCUT2D eigenvalue weighted by atomic mass is 127. The quantitative estimate of drug-likeness (QED) is 0.778. The molecule has 0 aromatic heterocycles. The van der Waals surface area contributed by atoms with Crippen LogP contribution in [0.3, 0.4) is 0 Å². The number of ether oxygens (including phenoxy) is 2. The van der Waals surface area contributed by atoms with Gasteiger partial charge >= 0.3 is 0 Å². The molecule has 0 saturated heterocycles. The number of hydrogen-bond donors (Lipinski definition) is 1. The van der Waals surface area contributed by atoms with Crippen LogP contribution in [0.1, 0.15) is 11.1 Å². The first-order chi connectivity index (χ1) is 9.72. The molecule has 0 bridgehead atoms. The summed E-state index contributed by atoms with van der Waals surface area (Å²) < 4.78 is 12.4. The van der Waals surface area contributed by atoms with Crippen molar-refractivity contribution in [2.45, 2.75) is 13.0 Å². The average Bonchev–Trinajstić information content (AvgIpc) is 2.48. The summed E-state index contributed by atoms with van der Waals surface area (Å²) in [5.41, 5.74) is 7.88. The van der Waals surface area contributed by atoms with Gasteiger partial charge in [-0.25, -0.2) is 0 Å². The maximum absolute atomic E-state index is 5.90. The summed E-state index contributed by atoms with van der Waals surface area (Å²) in [6, 6.07) is 14.1. The molecule has 20 heavy (non-hydrogen) atoms. The Kier molecular flexibility index (Phi) is 5.67. The van der Waals surface area contributed by atoms with E-state index in [9.17, 15) is 0 Å². The lowest BCUT2D eigenvalue weighted by Gasteiger charge is -2.12. The summed E-state index contributed by atoms with van der Waals surface area (Å²) in [6.07, 6.45) is 0.777. The molecule has 2 aromatic carbocycles. The molecule has 106 valence electrons.